The first kappa shape index (κ1) is 21.1. The Bertz CT molecular complexity index is 957. The van der Waals surface area contributed by atoms with Crippen LogP contribution in [0.3, 0.4) is 0 Å². The van der Waals surface area contributed by atoms with Crippen LogP contribution in [0.2, 0.25) is 0 Å². The zero-order valence-electron chi connectivity index (χ0n) is 16.9. The molecule has 0 spiro atoms. The second kappa shape index (κ2) is 10.8. The van der Waals surface area contributed by atoms with Gasteiger partial charge in [0.2, 0.25) is 5.91 Å². The number of esters is 1. The van der Waals surface area contributed by atoms with Crippen LogP contribution < -0.4 is 10.1 Å². The Morgan fingerprint density at radius 2 is 1.43 bits per heavy atom. The fourth-order valence-corrected chi connectivity index (χ4v) is 3.14. The van der Waals surface area contributed by atoms with Gasteiger partial charge in [0.15, 0.2) is 0 Å². The number of benzene rings is 3. The molecule has 154 valence electrons. The molecule has 0 aromatic heterocycles. The van der Waals surface area contributed by atoms with Gasteiger partial charge in [0.05, 0.1) is 13.5 Å². The molecule has 0 fully saturated rings. The van der Waals surface area contributed by atoms with Gasteiger partial charge >= 0.3 is 5.97 Å². The number of para-hydroxylation sites is 1. The lowest BCUT2D eigenvalue weighted by atomic mass is 10.0. The zero-order chi connectivity index (χ0) is 21.2. The van der Waals surface area contributed by atoms with Gasteiger partial charge in [-0.15, -0.1) is 0 Å². The number of methoxy groups -OCH3 is 1. The SMILES string of the molecule is COc1ccccc1CC(=O)N[C@@H](Cc1ccccc1)C(=O)OCc1ccccc1. The van der Waals surface area contributed by atoms with E-state index in [2.05, 4.69) is 5.32 Å². The monoisotopic (exact) mass is 403 g/mol. The minimum atomic E-state index is -0.779. The molecule has 0 unspecified atom stereocenters. The molecule has 0 aliphatic rings. The zero-order valence-corrected chi connectivity index (χ0v) is 16.9. The van der Waals surface area contributed by atoms with E-state index in [0.717, 1.165) is 16.7 Å². The van der Waals surface area contributed by atoms with Gasteiger partial charge in [-0.25, -0.2) is 4.79 Å². The Hall–Kier alpha value is -3.60. The number of amides is 1. The van der Waals surface area contributed by atoms with Crippen molar-refractivity contribution in [3.8, 4) is 5.75 Å². The smallest absolute Gasteiger partial charge is 0.329 e. The molecule has 1 atom stereocenters. The average Bonchev–Trinajstić information content (AvgIpc) is 2.78. The van der Waals surface area contributed by atoms with E-state index in [-0.39, 0.29) is 18.9 Å². The van der Waals surface area contributed by atoms with Crippen LogP contribution in [-0.4, -0.2) is 25.0 Å². The van der Waals surface area contributed by atoms with Crippen molar-refractivity contribution in [2.45, 2.75) is 25.5 Å². The summed E-state index contributed by atoms with van der Waals surface area (Å²) in [5.74, 6) is -0.0907. The minimum Gasteiger partial charge on any atom is -0.496 e. The van der Waals surface area contributed by atoms with E-state index in [4.69, 9.17) is 9.47 Å². The van der Waals surface area contributed by atoms with E-state index in [0.29, 0.717) is 12.2 Å². The summed E-state index contributed by atoms with van der Waals surface area (Å²) in [5, 5.41) is 2.83. The van der Waals surface area contributed by atoms with E-state index < -0.39 is 12.0 Å². The van der Waals surface area contributed by atoms with Gasteiger partial charge in [0.1, 0.15) is 18.4 Å². The van der Waals surface area contributed by atoms with Crippen LogP contribution in [0.4, 0.5) is 0 Å². The van der Waals surface area contributed by atoms with Crippen LogP contribution in [0.15, 0.2) is 84.9 Å². The van der Waals surface area contributed by atoms with Crippen molar-refractivity contribution in [2.24, 2.45) is 0 Å². The number of hydrogen-bond acceptors (Lipinski definition) is 4. The summed E-state index contributed by atoms with van der Waals surface area (Å²) in [7, 11) is 1.57. The molecule has 0 saturated heterocycles. The lowest BCUT2D eigenvalue weighted by Crippen LogP contribution is -2.44. The quantitative estimate of drug-likeness (QED) is 0.553. The molecule has 0 radical (unpaired) electrons. The average molecular weight is 403 g/mol. The first-order valence-corrected chi connectivity index (χ1v) is 9.81. The van der Waals surface area contributed by atoms with Gasteiger partial charge in [-0.3, -0.25) is 4.79 Å². The predicted octanol–water partition coefficient (Wildman–Crippen LogP) is 3.71. The summed E-state index contributed by atoms with van der Waals surface area (Å²) < 4.78 is 10.8. The largest absolute Gasteiger partial charge is 0.496 e. The van der Waals surface area contributed by atoms with Crippen molar-refractivity contribution in [2.75, 3.05) is 7.11 Å². The Labute approximate surface area is 176 Å². The normalized spacial score (nSPS) is 11.4. The highest BCUT2D eigenvalue weighted by molar-refractivity contribution is 5.86. The van der Waals surface area contributed by atoms with E-state index in [1.165, 1.54) is 0 Å². The van der Waals surface area contributed by atoms with Crippen LogP contribution in [0, 0.1) is 0 Å². The Balaban J connectivity index is 1.68. The number of carbonyl (C=O) groups is 2. The molecule has 0 aliphatic carbocycles. The Morgan fingerprint density at radius 1 is 0.833 bits per heavy atom. The fourth-order valence-electron chi connectivity index (χ4n) is 3.14. The fraction of sp³-hybridized carbons (Fsp3) is 0.200. The molecule has 0 bridgehead atoms. The highest BCUT2D eigenvalue weighted by Gasteiger charge is 2.23. The highest BCUT2D eigenvalue weighted by atomic mass is 16.5. The molecule has 1 amide bonds. The molecular weight excluding hydrogens is 378 g/mol. The third kappa shape index (κ3) is 6.21. The highest BCUT2D eigenvalue weighted by Crippen LogP contribution is 2.18. The van der Waals surface area contributed by atoms with Crippen molar-refractivity contribution in [3.63, 3.8) is 0 Å². The Kier molecular flexibility index (Phi) is 7.61. The van der Waals surface area contributed by atoms with Crippen LogP contribution in [0.1, 0.15) is 16.7 Å². The second-order valence-corrected chi connectivity index (χ2v) is 6.89. The number of hydrogen-bond donors (Lipinski definition) is 1. The third-order valence-electron chi connectivity index (χ3n) is 4.67. The topological polar surface area (TPSA) is 64.6 Å². The number of nitrogens with one attached hydrogen (secondary N) is 1. The third-order valence-corrected chi connectivity index (χ3v) is 4.67. The summed E-state index contributed by atoms with van der Waals surface area (Å²) in [5.41, 5.74) is 2.59. The van der Waals surface area contributed by atoms with E-state index in [1.54, 1.807) is 13.2 Å². The van der Waals surface area contributed by atoms with Crippen LogP contribution in [-0.2, 0) is 33.8 Å². The van der Waals surface area contributed by atoms with E-state index >= 15 is 0 Å². The molecule has 5 heteroatoms. The van der Waals surface area contributed by atoms with Crippen molar-refractivity contribution < 1.29 is 19.1 Å². The van der Waals surface area contributed by atoms with Gasteiger partial charge in [-0.05, 0) is 17.2 Å². The number of ether oxygens (including phenoxy) is 2. The van der Waals surface area contributed by atoms with Crippen molar-refractivity contribution >= 4 is 11.9 Å². The van der Waals surface area contributed by atoms with E-state index in [1.807, 2.05) is 78.9 Å². The van der Waals surface area contributed by atoms with Crippen LogP contribution in [0.5, 0.6) is 5.75 Å². The predicted molar refractivity (Wildman–Crippen MR) is 115 cm³/mol. The van der Waals surface area contributed by atoms with Gasteiger partial charge < -0.3 is 14.8 Å². The molecule has 30 heavy (non-hydrogen) atoms. The lowest BCUT2D eigenvalue weighted by Gasteiger charge is -2.18. The molecule has 0 saturated carbocycles. The first-order valence-electron chi connectivity index (χ1n) is 9.81. The minimum absolute atomic E-state index is 0.112. The van der Waals surface area contributed by atoms with Crippen LogP contribution >= 0.6 is 0 Å². The number of carbonyl (C=O) groups excluding carboxylic acids is 2. The van der Waals surface area contributed by atoms with Crippen molar-refractivity contribution in [3.05, 3.63) is 102 Å². The van der Waals surface area contributed by atoms with Crippen molar-refractivity contribution in [1.29, 1.82) is 0 Å². The Morgan fingerprint density at radius 3 is 2.10 bits per heavy atom. The molecule has 1 N–H and O–H groups in total. The molecule has 3 aromatic rings. The second-order valence-electron chi connectivity index (χ2n) is 6.89. The summed E-state index contributed by atoms with van der Waals surface area (Å²) in [6.07, 6.45) is 0.466. The molecule has 5 nitrogen and oxygen atoms in total. The van der Waals surface area contributed by atoms with Gasteiger partial charge in [-0.1, -0.05) is 78.9 Å². The van der Waals surface area contributed by atoms with Gasteiger partial charge in [-0.2, -0.15) is 0 Å². The molecule has 0 heterocycles. The maximum absolute atomic E-state index is 12.8. The van der Waals surface area contributed by atoms with Gasteiger partial charge in [0.25, 0.3) is 0 Å². The number of rotatable bonds is 9. The molecule has 3 rings (SSSR count). The van der Waals surface area contributed by atoms with Gasteiger partial charge in [0, 0.05) is 12.0 Å². The molecular formula is C25H25NO4. The van der Waals surface area contributed by atoms with E-state index in [9.17, 15) is 9.59 Å². The van der Waals surface area contributed by atoms with Crippen molar-refractivity contribution in [1.82, 2.24) is 5.32 Å². The summed E-state index contributed by atoms with van der Waals surface area (Å²) in [6.45, 7) is 0.160. The standard InChI is InChI=1S/C25H25NO4/c1-29-23-15-9-8-14-21(23)17-24(27)26-22(16-19-10-4-2-5-11-19)25(28)30-18-20-12-6-3-7-13-20/h2-15,22H,16-18H2,1H3,(H,26,27)/t22-/m0/s1. The van der Waals surface area contributed by atoms with Crippen LogP contribution in [0.25, 0.3) is 0 Å². The summed E-state index contributed by atoms with van der Waals surface area (Å²) in [4.78, 5) is 25.5. The maximum Gasteiger partial charge on any atom is 0.329 e. The molecule has 0 aliphatic heterocycles. The maximum atomic E-state index is 12.8. The summed E-state index contributed by atoms with van der Waals surface area (Å²) >= 11 is 0. The first-order chi connectivity index (χ1) is 14.7. The molecule has 3 aromatic carbocycles. The lowest BCUT2D eigenvalue weighted by molar-refractivity contribution is -0.149. The summed E-state index contributed by atoms with van der Waals surface area (Å²) in [6, 6.07) is 25.6.